The van der Waals surface area contributed by atoms with Gasteiger partial charge in [0, 0.05) is 25.6 Å². The third-order valence-electron chi connectivity index (χ3n) is 3.67. The molecule has 1 spiro atoms. The van der Waals surface area contributed by atoms with Crippen LogP contribution in [0, 0.1) is 0 Å². The Kier molecular flexibility index (Phi) is 3.54. The molecule has 0 aromatic carbocycles. The van der Waals surface area contributed by atoms with E-state index in [2.05, 4.69) is 9.97 Å². The summed E-state index contributed by atoms with van der Waals surface area (Å²) in [5.41, 5.74) is -0.00167. The van der Waals surface area contributed by atoms with Crippen molar-refractivity contribution in [2.75, 3.05) is 40.0 Å². The van der Waals surface area contributed by atoms with Crippen LogP contribution in [-0.2, 0) is 9.47 Å². The minimum absolute atomic E-state index is 0.125. The summed E-state index contributed by atoms with van der Waals surface area (Å²) in [5, 5.41) is 0. The summed E-state index contributed by atoms with van der Waals surface area (Å²) in [6.07, 6.45) is 2.16. The Balaban J connectivity index is 1.76. The largest absolute Gasteiger partial charge is 0.481 e. The predicted molar refractivity (Wildman–Crippen MR) is 68.6 cm³/mol. The molecule has 0 N–H and O–H groups in total. The number of aromatic nitrogens is 2. The molecule has 2 fully saturated rings. The minimum Gasteiger partial charge on any atom is -0.481 e. The second kappa shape index (κ2) is 5.34. The topological polar surface area (TPSA) is 73.8 Å². The van der Waals surface area contributed by atoms with Gasteiger partial charge in [-0.05, 0) is 0 Å². The van der Waals surface area contributed by atoms with Crippen LogP contribution in [0.5, 0.6) is 5.88 Å². The molecule has 0 saturated carbocycles. The highest BCUT2D eigenvalue weighted by Crippen LogP contribution is 2.28. The van der Waals surface area contributed by atoms with Crippen LogP contribution in [0.3, 0.4) is 0 Å². The predicted octanol–water partition coefficient (Wildman–Crippen LogP) is 0.117. The van der Waals surface area contributed by atoms with E-state index in [1.807, 2.05) is 0 Å². The van der Waals surface area contributed by atoms with E-state index in [9.17, 15) is 4.79 Å². The van der Waals surface area contributed by atoms with Gasteiger partial charge in [0.15, 0.2) is 0 Å². The molecule has 20 heavy (non-hydrogen) atoms. The first-order valence-electron chi connectivity index (χ1n) is 6.59. The van der Waals surface area contributed by atoms with E-state index in [4.69, 9.17) is 14.2 Å². The van der Waals surface area contributed by atoms with Crippen molar-refractivity contribution < 1.29 is 19.0 Å². The van der Waals surface area contributed by atoms with Gasteiger partial charge in [-0.2, -0.15) is 0 Å². The number of rotatable bonds is 2. The van der Waals surface area contributed by atoms with Crippen LogP contribution in [0.1, 0.15) is 16.9 Å². The van der Waals surface area contributed by atoms with Crippen molar-refractivity contribution >= 4 is 5.91 Å². The molecular formula is C13H17N3O4. The van der Waals surface area contributed by atoms with Gasteiger partial charge in [-0.15, -0.1) is 0 Å². The molecular weight excluding hydrogens is 262 g/mol. The molecule has 1 unspecified atom stereocenters. The molecule has 0 aliphatic carbocycles. The van der Waals surface area contributed by atoms with Crippen LogP contribution in [0.2, 0.25) is 0 Å². The number of amides is 1. The van der Waals surface area contributed by atoms with Gasteiger partial charge in [0.05, 0.1) is 26.9 Å². The molecule has 2 saturated heterocycles. The van der Waals surface area contributed by atoms with Gasteiger partial charge < -0.3 is 19.1 Å². The van der Waals surface area contributed by atoms with E-state index in [1.54, 1.807) is 11.0 Å². The normalized spacial score (nSPS) is 25.9. The molecule has 7 nitrogen and oxygen atoms in total. The number of carbonyl (C=O) groups excluding carboxylic acids is 1. The molecule has 1 atom stereocenters. The lowest BCUT2D eigenvalue weighted by molar-refractivity contribution is -0.0996. The van der Waals surface area contributed by atoms with Crippen molar-refractivity contribution in [3.8, 4) is 5.88 Å². The van der Waals surface area contributed by atoms with E-state index in [1.165, 1.54) is 13.4 Å². The lowest BCUT2D eigenvalue weighted by Crippen LogP contribution is -2.54. The fourth-order valence-electron chi connectivity index (χ4n) is 2.58. The molecule has 0 bridgehead atoms. The lowest BCUT2D eigenvalue weighted by Gasteiger charge is -2.39. The maximum Gasteiger partial charge on any atom is 0.272 e. The fourth-order valence-corrected chi connectivity index (χ4v) is 2.58. The van der Waals surface area contributed by atoms with Gasteiger partial charge in [-0.25, -0.2) is 9.97 Å². The summed E-state index contributed by atoms with van der Waals surface area (Å²) >= 11 is 0. The molecule has 3 rings (SSSR count). The Morgan fingerprint density at radius 3 is 3.10 bits per heavy atom. The quantitative estimate of drug-likeness (QED) is 0.765. The van der Waals surface area contributed by atoms with Crippen molar-refractivity contribution in [1.29, 1.82) is 0 Å². The van der Waals surface area contributed by atoms with Gasteiger partial charge in [0.2, 0.25) is 5.88 Å². The van der Waals surface area contributed by atoms with Crippen LogP contribution >= 0.6 is 0 Å². The average Bonchev–Trinajstić information content (AvgIpc) is 2.94. The molecule has 1 amide bonds. The maximum absolute atomic E-state index is 12.5. The van der Waals surface area contributed by atoms with Gasteiger partial charge in [-0.1, -0.05) is 0 Å². The maximum atomic E-state index is 12.5. The first kappa shape index (κ1) is 13.3. The Labute approximate surface area is 116 Å². The van der Waals surface area contributed by atoms with Crippen LogP contribution in [0.15, 0.2) is 12.4 Å². The molecule has 2 aliphatic rings. The minimum atomic E-state index is -0.342. The van der Waals surface area contributed by atoms with Crippen molar-refractivity contribution in [3.05, 3.63) is 18.1 Å². The monoisotopic (exact) mass is 279 g/mol. The fraction of sp³-hybridized carbons (Fsp3) is 0.615. The highest BCUT2D eigenvalue weighted by atomic mass is 16.6. The summed E-state index contributed by atoms with van der Waals surface area (Å²) < 4.78 is 16.2. The van der Waals surface area contributed by atoms with Gasteiger partial charge in [0.1, 0.15) is 17.6 Å². The standard InChI is InChI=1S/C13H17N3O4/c1-18-11-6-10(14-9-15-11)12(17)16-3-5-20-13(7-16)2-4-19-8-13/h6,9H,2-5,7-8H2,1H3. The molecule has 1 aromatic rings. The number of morpholine rings is 1. The highest BCUT2D eigenvalue weighted by molar-refractivity contribution is 5.92. The summed E-state index contributed by atoms with van der Waals surface area (Å²) in [5.74, 6) is 0.260. The van der Waals surface area contributed by atoms with Crippen LogP contribution in [0.25, 0.3) is 0 Å². The average molecular weight is 279 g/mol. The molecule has 2 aliphatic heterocycles. The zero-order chi connectivity index (χ0) is 14.0. The zero-order valence-electron chi connectivity index (χ0n) is 11.4. The van der Waals surface area contributed by atoms with Crippen molar-refractivity contribution in [1.82, 2.24) is 14.9 Å². The Hall–Kier alpha value is -1.73. The number of hydrogen-bond donors (Lipinski definition) is 0. The van der Waals surface area contributed by atoms with E-state index in [0.717, 1.165) is 6.42 Å². The molecule has 108 valence electrons. The van der Waals surface area contributed by atoms with Crippen molar-refractivity contribution in [3.63, 3.8) is 0 Å². The SMILES string of the molecule is COc1cc(C(=O)N2CCOC3(CCOC3)C2)ncn1. The Bertz CT molecular complexity index is 502. The number of hydrogen-bond acceptors (Lipinski definition) is 6. The first-order valence-corrected chi connectivity index (χ1v) is 6.59. The van der Waals surface area contributed by atoms with Crippen LogP contribution < -0.4 is 4.74 Å². The number of methoxy groups -OCH3 is 1. The molecule has 3 heterocycles. The van der Waals surface area contributed by atoms with Crippen molar-refractivity contribution in [2.45, 2.75) is 12.0 Å². The molecule has 7 heteroatoms. The summed E-state index contributed by atoms with van der Waals surface area (Å²) in [6.45, 7) is 2.86. The third kappa shape index (κ3) is 2.46. The summed E-state index contributed by atoms with van der Waals surface area (Å²) in [6, 6.07) is 1.55. The zero-order valence-corrected chi connectivity index (χ0v) is 11.4. The van der Waals surface area contributed by atoms with E-state index < -0.39 is 0 Å². The summed E-state index contributed by atoms with van der Waals surface area (Å²) in [4.78, 5) is 22.2. The smallest absolute Gasteiger partial charge is 0.272 e. The lowest BCUT2D eigenvalue weighted by atomic mass is 10.0. The Morgan fingerprint density at radius 2 is 2.35 bits per heavy atom. The van der Waals surface area contributed by atoms with Crippen LogP contribution in [0.4, 0.5) is 0 Å². The van der Waals surface area contributed by atoms with E-state index >= 15 is 0 Å². The number of ether oxygens (including phenoxy) is 3. The number of carbonyl (C=O) groups is 1. The van der Waals surface area contributed by atoms with E-state index in [0.29, 0.717) is 44.5 Å². The second-order valence-electron chi connectivity index (χ2n) is 5.01. The third-order valence-corrected chi connectivity index (χ3v) is 3.67. The molecule has 1 aromatic heterocycles. The van der Waals surface area contributed by atoms with Crippen LogP contribution in [-0.4, -0.2) is 66.4 Å². The Morgan fingerprint density at radius 1 is 1.45 bits per heavy atom. The van der Waals surface area contributed by atoms with Gasteiger partial charge in [0.25, 0.3) is 5.91 Å². The van der Waals surface area contributed by atoms with E-state index in [-0.39, 0.29) is 11.5 Å². The second-order valence-corrected chi connectivity index (χ2v) is 5.01. The highest BCUT2D eigenvalue weighted by Gasteiger charge is 2.42. The van der Waals surface area contributed by atoms with Crippen molar-refractivity contribution in [2.24, 2.45) is 0 Å². The first-order chi connectivity index (χ1) is 9.72. The van der Waals surface area contributed by atoms with Gasteiger partial charge in [-0.3, -0.25) is 4.79 Å². The number of nitrogens with zero attached hydrogens (tertiary/aromatic N) is 3. The molecule has 0 radical (unpaired) electrons. The van der Waals surface area contributed by atoms with Gasteiger partial charge >= 0.3 is 0 Å². The summed E-state index contributed by atoms with van der Waals surface area (Å²) in [7, 11) is 1.51.